The maximum absolute atomic E-state index is 13.7. The first kappa shape index (κ1) is 56.5. The Bertz CT molecular complexity index is 3260. The molecular weight excluding hydrogens is 996 g/mol. The monoisotopic (exact) mass is 1060 g/mol. The summed E-state index contributed by atoms with van der Waals surface area (Å²) in [5, 5.41) is 21.8. The number of fused-ring (bicyclic) bond motifs is 1. The fourth-order valence-corrected chi connectivity index (χ4v) is 8.82. The maximum atomic E-state index is 13.7. The van der Waals surface area contributed by atoms with Crippen LogP contribution in [0.15, 0.2) is 116 Å². The van der Waals surface area contributed by atoms with Crippen molar-refractivity contribution >= 4 is 41.0 Å². The zero-order valence-corrected chi connectivity index (χ0v) is 45.9. The number of pyridine rings is 1. The molecule has 0 saturated heterocycles. The van der Waals surface area contributed by atoms with Gasteiger partial charge in [-0.05, 0) is 114 Å². The van der Waals surface area contributed by atoms with Gasteiger partial charge in [0.2, 0.25) is 0 Å². The molecule has 0 fully saturated rings. The number of aromatic nitrogens is 4. The van der Waals surface area contributed by atoms with Crippen molar-refractivity contribution in [1.82, 2.24) is 45.7 Å². The smallest absolute Gasteiger partial charge is 0.338 e. The molecule has 7 aromatic rings. The minimum atomic E-state index is -1.16. The molecule has 3 atom stereocenters. The summed E-state index contributed by atoms with van der Waals surface area (Å²) in [6, 6.07) is 29.2. The fraction of sp³-hybridized carbons (Fsp3) is 0.339. The molecule has 0 saturated carbocycles. The van der Waals surface area contributed by atoms with E-state index < -0.39 is 41.9 Å². The molecule has 0 aliphatic heterocycles. The highest BCUT2D eigenvalue weighted by molar-refractivity contribution is 6.32. The second kappa shape index (κ2) is 25.1. The van der Waals surface area contributed by atoms with Crippen molar-refractivity contribution in [2.45, 2.75) is 111 Å². The van der Waals surface area contributed by atoms with Crippen LogP contribution in [0.1, 0.15) is 104 Å². The predicted molar refractivity (Wildman–Crippen MR) is 297 cm³/mol. The molecule has 17 nitrogen and oxygen atoms in total. The average Bonchev–Trinajstić information content (AvgIpc) is 4.03. The van der Waals surface area contributed by atoms with E-state index in [1.165, 1.54) is 19.1 Å². The molecule has 402 valence electrons. The molecule has 0 radical (unpaired) electrons. The summed E-state index contributed by atoms with van der Waals surface area (Å²) in [4.78, 5) is 69.4. The Kier molecular flexibility index (Phi) is 18.4. The van der Waals surface area contributed by atoms with Crippen LogP contribution in [0.4, 0.5) is 4.79 Å². The van der Waals surface area contributed by atoms with Crippen LogP contribution in [-0.2, 0) is 34.9 Å². The van der Waals surface area contributed by atoms with Gasteiger partial charge in [0, 0.05) is 66.4 Å². The van der Waals surface area contributed by atoms with Gasteiger partial charge in [-0.2, -0.15) is 5.26 Å². The molecule has 3 aromatic heterocycles. The van der Waals surface area contributed by atoms with Crippen LogP contribution in [0.3, 0.4) is 0 Å². The van der Waals surface area contributed by atoms with Crippen LogP contribution in [0.25, 0.3) is 28.2 Å². The Balaban J connectivity index is 0.991. The molecule has 3 heterocycles. The maximum Gasteiger partial charge on any atom is 0.338 e. The molecule has 3 unspecified atom stereocenters. The van der Waals surface area contributed by atoms with Gasteiger partial charge >= 0.3 is 6.03 Å². The molecular formula is C59H67ClN10O7. The van der Waals surface area contributed by atoms with Crippen molar-refractivity contribution in [2.75, 3.05) is 13.1 Å². The molecule has 0 aliphatic carbocycles. The summed E-state index contributed by atoms with van der Waals surface area (Å²) in [6.45, 7) is 17.2. The number of hydrogen-bond donors (Lipinski definition) is 5. The van der Waals surface area contributed by atoms with Gasteiger partial charge in [0.05, 0.1) is 46.3 Å². The van der Waals surface area contributed by atoms with E-state index in [9.17, 15) is 24.4 Å². The Labute approximate surface area is 454 Å². The van der Waals surface area contributed by atoms with Crippen molar-refractivity contribution in [3.05, 3.63) is 160 Å². The van der Waals surface area contributed by atoms with Gasteiger partial charge in [-0.3, -0.25) is 19.2 Å². The number of ether oxygens (including phenoxy) is 2. The number of aryl methyl sites for hydroxylation is 2. The number of carbonyl (C=O) groups excluding carboxylic acids is 4. The summed E-state index contributed by atoms with van der Waals surface area (Å²) < 4.78 is 15.5. The summed E-state index contributed by atoms with van der Waals surface area (Å²) in [7, 11) is 1.98. The van der Waals surface area contributed by atoms with Gasteiger partial charge in [-0.15, -0.1) is 0 Å². The molecule has 77 heavy (non-hydrogen) atoms. The first-order chi connectivity index (χ1) is 36.6. The van der Waals surface area contributed by atoms with Gasteiger partial charge in [0.1, 0.15) is 29.0 Å². The number of hydrogen-bond acceptors (Lipinski definition) is 10. The minimum absolute atomic E-state index is 0.00568. The Morgan fingerprint density at radius 2 is 1.26 bits per heavy atom. The third-order valence-electron chi connectivity index (χ3n) is 12.4. The number of nitriles is 1. The van der Waals surface area contributed by atoms with Crippen LogP contribution in [0.2, 0.25) is 5.02 Å². The Hall–Kier alpha value is -8.20. The van der Waals surface area contributed by atoms with E-state index in [1.54, 1.807) is 24.3 Å². The molecule has 0 bridgehead atoms. The van der Waals surface area contributed by atoms with E-state index in [2.05, 4.69) is 53.6 Å². The first-order valence-corrected chi connectivity index (χ1v) is 25.9. The zero-order valence-electron chi connectivity index (χ0n) is 45.2. The highest BCUT2D eigenvalue weighted by Gasteiger charge is 2.24. The molecule has 4 aromatic carbocycles. The molecule has 5 amide bonds. The fourth-order valence-electron chi connectivity index (χ4n) is 8.59. The first-order valence-electron chi connectivity index (χ1n) is 25.6. The van der Waals surface area contributed by atoms with Crippen molar-refractivity contribution in [1.29, 1.82) is 5.26 Å². The van der Waals surface area contributed by atoms with E-state index in [0.29, 0.717) is 29.9 Å². The van der Waals surface area contributed by atoms with Gasteiger partial charge in [0.25, 0.3) is 17.7 Å². The summed E-state index contributed by atoms with van der Waals surface area (Å²) in [6.07, 6.45) is 5.12. The molecule has 0 spiro atoms. The lowest BCUT2D eigenvalue weighted by Gasteiger charge is -2.22. The number of imidazole rings is 2. The Morgan fingerprint density at radius 3 is 1.79 bits per heavy atom. The van der Waals surface area contributed by atoms with Gasteiger partial charge in [0.15, 0.2) is 6.10 Å². The van der Waals surface area contributed by atoms with Crippen LogP contribution in [0, 0.1) is 18.3 Å². The van der Waals surface area contributed by atoms with Crippen molar-refractivity contribution < 1.29 is 33.5 Å². The number of rotatable bonds is 21. The van der Waals surface area contributed by atoms with Gasteiger partial charge in [-0.1, -0.05) is 87.0 Å². The number of halogens is 1. The predicted octanol–water partition coefficient (Wildman–Crippen LogP) is 9.23. The van der Waals surface area contributed by atoms with E-state index in [-0.39, 0.29) is 46.9 Å². The third kappa shape index (κ3) is 15.2. The number of hydroxylamine groups is 1. The summed E-state index contributed by atoms with van der Waals surface area (Å²) >= 11 is 6.50. The van der Waals surface area contributed by atoms with Crippen LogP contribution >= 0.6 is 11.6 Å². The highest BCUT2D eigenvalue weighted by Crippen LogP contribution is 2.29. The second-order valence-electron chi connectivity index (χ2n) is 20.6. The van der Waals surface area contributed by atoms with E-state index in [4.69, 9.17) is 35.9 Å². The lowest BCUT2D eigenvalue weighted by molar-refractivity contribution is -0.134. The van der Waals surface area contributed by atoms with Crippen molar-refractivity contribution in [3.8, 4) is 40.1 Å². The number of nitrogens with one attached hydrogen (secondary N) is 5. The van der Waals surface area contributed by atoms with E-state index in [0.717, 1.165) is 50.7 Å². The third-order valence-corrected chi connectivity index (χ3v) is 12.7. The SMILES string of the molecule is Cc1cccn2cc(-c3ccc(CC(CNC(=O)C(C)ONC(=O)NCC(Cc4ccc(-c5cn(C)c(C(C)(C)C)n5)cc4)NC(=O)c4ccc(OC(C)C)c(C#N)c4)NC(=O)c4ccc(OC(C)C)c(Cl)c4)cc3)nc12. The standard InChI is InChI=1S/C59H67ClN10O7/c1-35(2)75-51-23-21-43(28-45(51)30-61)55(72)65-47(27-40-13-17-41(18-14-40)49-33-69(10)57(67-49)59(7,8)9)32-63-58(74)68-77-38(6)54(71)62-31-46(64-56(73)44-22-24-52(48(60)29-44)76-36(3)4)26-39-15-19-42(20-16-39)50-34-70-25-11-12-37(5)53(70)66-50/h11-25,28-29,33-36,38,46-47H,26-27,31-32H2,1-10H3,(H,62,71)(H,64,73)(H,65,72)(H2,63,68,74). The largest absolute Gasteiger partial charge is 0.490 e. The molecule has 0 aliphatic rings. The average molecular weight is 1060 g/mol. The molecule has 5 N–H and O–H groups in total. The zero-order chi connectivity index (χ0) is 55.6. The number of amides is 5. The van der Waals surface area contributed by atoms with E-state index >= 15 is 0 Å². The van der Waals surface area contributed by atoms with Crippen LogP contribution in [-0.4, -0.2) is 86.2 Å². The topological polar surface area (TPSA) is 215 Å². The van der Waals surface area contributed by atoms with Crippen LogP contribution < -0.4 is 36.2 Å². The number of carbonyl (C=O) groups is 4. The highest BCUT2D eigenvalue weighted by atomic mass is 35.5. The summed E-state index contributed by atoms with van der Waals surface area (Å²) in [5.74, 6) is 0.337. The van der Waals surface area contributed by atoms with Crippen molar-refractivity contribution in [2.24, 2.45) is 7.05 Å². The quantitative estimate of drug-likeness (QED) is 0.0430. The normalized spacial score (nSPS) is 12.6. The summed E-state index contributed by atoms with van der Waals surface area (Å²) in [5.41, 5.74) is 10.1. The number of urea groups is 1. The lowest BCUT2D eigenvalue weighted by Crippen LogP contribution is -2.50. The lowest BCUT2D eigenvalue weighted by atomic mass is 9.96. The number of benzene rings is 4. The molecule has 7 rings (SSSR count). The van der Waals surface area contributed by atoms with Gasteiger partial charge < -0.3 is 39.7 Å². The number of nitrogens with zero attached hydrogens (tertiary/aromatic N) is 5. The van der Waals surface area contributed by atoms with Gasteiger partial charge in [-0.25, -0.2) is 20.2 Å². The second-order valence-corrected chi connectivity index (χ2v) is 21.0. The van der Waals surface area contributed by atoms with Crippen LogP contribution in [0.5, 0.6) is 11.5 Å². The van der Waals surface area contributed by atoms with E-state index in [1.807, 2.05) is 130 Å². The minimum Gasteiger partial charge on any atom is -0.490 e. The van der Waals surface area contributed by atoms with Crippen molar-refractivity contribution in [3.63, 3.8) is 0 Å². The Morgan fingerprint density at radius 1 is 0.714 bits per heavy atom. The molecule has 18 heteroatoms.